The summed E-state index contributed by atoms with van der Waals surface area (Å²) in [6, 6.07) is 3.45. The van der Waals surface area contributed by atoms with Crippen molar-refractivity contribution < 1.29 is 5.21 Å². The van der Waals surface area contributed by atoms with E-state index in [-0.39, 0.29) is 5.84 Å². The number of aryl methyl sites for hydroxylation is 1. The predicted molar refractivity (Wildman–Crippen MR) is 62.0 cm³/mol. The lowest BCUT2D eigenvalue weighted by Crippen LogP contribution is -2.13. The number of aromatic amines is 1. The van der Waals surface area contributed by atoms with Crippen LogP contribution in [0.4, 0.5) is 0 Å². The number of rotatable bonds is 3. The van der Waals surface area contributed by atoms with Crippen molar-refractivity contribution in [2.45, 2.75) is 17.1 Å². The van der Waals surface area contributed by atoms with Gasteiger partial charge in [-0.25, -0.2) is 9.97 Å². The van der Waals surface area contributed by atoms with E-state index in [1.54, 1.807) is 12.1 Å². The monoisotopic (exact) mass is 250 g/mol. The van der Waals surface area contributed by atoms with Gasteiger partial charge in [-0.05, 0) is 30.8 Å². The number of nitrogens with one attached hydrogen (secondary N) is 1. The van der Waals surface area contributed by atoms with Crippen molar-refractivity contribution in [1.29, 1.82) is 0 Å². The van der Waals surface area contributed by atoms with Crippen LogP contribution in [-0.2, 0) is 0 Å². The first kappa shape index (κ1) is 11.4. The van der Waals surface area contributed by atoms with E-state index in [4.69, 9.17) is 10.9 Å². The molecule has 0 aliphatic carbocycles. The molecule has 17 heavy (non-hydrogen) atoms. The summed E-state index contributed by atoms with van der Waals surface area (Å²) in [6.45, 7) is 1.83. The van der Waals surface area contributed by atoms with Crippen molar-refractivity contribution in [3.63, 3.8) is 0 Å². The van der Waals surface area contributed by atoms with Crippen molar-refractivity contribution in [2.75, 3.05) is 0 Å². The fourth-order valence-corrected chi connectivity index (χ4v) is 2.01. The molecule has 0 aromatic carbocycles. The second-order valence-corrected chi connectivity index (χ2v) is 4.22. The van der Waals surface area contributed by atoms with Crippen LogP contribution < -0.4 is 5.73 Å². The Hall–Kier alpha value is -2.09. The van der Waals surface area contributed by atoms with Crippen LogP contribution in [0.2, 0.25) is 0 Å². The van der Waals surface area contributed by atoms with Gasteiger partial charge in [-0.3, -0.25) is 5.10 Å². The summed E-state index contributed by atoms with van der Waals surface area (Å²) in [5.41, 5.74) is 6.92. The van der Waals surface area contributed by atoms with E-state index in [0.29, 0.717) is 15.7 Å². The summed E-state index contributed by atoms with van der Waals surface area (Å²) >= 11 is 1.32. The summed E-state index contributed by atoms with van der Waals surface area (Å²) < 4.78 is 0. The van der Waals surface area contributed by atoms with Crippen LogP contribution >= 0.6 is 11.8 Å². The summed E-state index contributed by atoms with van der Waals surface area (Å²) in [5, 5.41) is 19.4. The highest BCUT2D eigenvalue weighted by atomic mass is 32.2. The lowest BCUT2D eigenvalue weighted by atomic mass is 10.2. The largest absolute Gasteiger partial charge is 0.409 e. The number of H-pyrrole nitrogens is 1. The molecule has 88 valence electrons. The van der Waals surface area contributed by atoms with Gasteiger partial charge in [0.1, 0.15) is 11.4 Å². The Kier molecular flexibility index (Phi) is 3.24. The number of hydrogen-bond donors (Lipinski definition) is 3. The van der Waals surface area contributed by atoms with Crippen LogP contribution in [-0.4, -0.2) is 31.2 Å². The maximum absolute atomic E-state index is 8.63. The Balaban J connectivity index is 2.32. The zero-order chi connectivity index (χ0) is 12.3. The second-order valence-electron chi connectivity index (χ2n) is 3.21. The zero-order valence-corrected chi connectivity index (χ0v) is 9.77. The molecule has 0 atom stereocenters. The number of oxime groups is 1. The first-order valence-corrected chi connectivity index (χ1v) is 5.50. The van der Waals surface area contributed by atoms with Gasteiger partial charge < -0.3 is 10.9 Å². The van der Waals surface area contributed by atoms with E-state index >= 15 is 0 Å². The smallest absolute Gasteiger partial charge is 0.189 e. The van der Waals surface area contributed by atoms with E-state index in [1.807, 2.05) is 6.92 Å². The van der Waals surface area contributed by atoms with Crippen LogP contribution in [0.3, 0.4) is 0 Å². The highest BCUT2D eigenvalue weighted by Crippen LogP contribution is 2.23. The van der Waals surface area contributed by atoms with Crippen molar-refractivity contribution in [3.8, 4) is 0 Å². The van der Waals surface area contributed by atoms with Crippen LogP contribution in [0.25, 0.3) is 0 Å². The Morgan fingerprint density at radius 2 is 2.35 bits per heavy atom. The molecule has 0 bridgehead atoms. The van der Waals surface area contributed by atoms with E-state index in [9.17, 15) is 0 Å². The lowest BCUT2D eigenvalue weighted by molar-refractivity contribution is 0.318. The lowest BCUT2D eigenvalue weighted by Gasteiger charge is -2.03. The van der Waals surface area contributed by atoms with Gasteiger partial charge in [0.15, 0.2) is 11.0 Å². The molecule has 2 aromatic heterocycles. The van der Waals surface area contributed by atoms with Crippen molar-refractivity contribution >= 4 is 17.6 Å². The normalized spacial score (nSPS) is 11.7. The SMILES string of the molecule is Cc1cc(/C(N)=N/O)cc(Sc2ncn[nH]2)n1. The zero-order valence-electron chi connectivity index (χ0n) is 8.95. The number of aromatic nitrogens is 4. The molecule has 7 nitrogen and oxygen atoms in total. The minimum Gasteiger partial charge on any atom is -0.409 e. The first-order chi connectivity index (χ1) is 8.19. The van der Waals surface area contributed by atoms with Crippen LogP contribution in [0, 0.1) is 6.92 Å². The first-order valence-electron chi connectivity index (χ1n) is 4.69. The fourth-order valence-electron chi connectivity index (χ4n) is 1.24. The van der Waals surface area contributed by atoms with Gasteiger partial charge in [0.05, 0.1) is 0 Å². The van der Waals surface area contributed by atoms with E-state index in [0.717, 1.165) is 5.69 Å². The van der Waals surface area contributed by atoms with Gasteiger partial charge in [0.2, 0.25) is 0 Å². The van der Waals surface area contributed by atoms with E-state index < -0.39 is 0 Å². The Labute approximate surface area is 101 Å². The molecule has 2 heterocycles. The summed E-state index contributed by atoms with van der Waals surface area (Å²) in [7, 11) is 0. The minimum absolute atomic E-state index is 0.0509. The fraction of sp³-hybridized carbons (Fsp3) is 0.111. The molecular formula is C9H10N6OS. The third-order valence-corrected chi connectivity index (χ3v) is 2.74. The Morgan fingerprint density at radius 1 is 1.53 bits per heavy atom. The molecule has 0 amide bonds. The third kappa shape index (κ3) is 2.72. The van der Waals surface area contributed by atoms with Gasteiger partial charge in [0.25, 0.3) is 0 Å². The molecule has 2 aromatic rings. The molecule has 0 saturated carbocycles. The molecule has 0 aliphatic heterocycles. The highest BCUT2D eigenvalue weighted by Gasteiger charge is 2.07. The molecule has 0 saturated heterocycles. The molecular weight excluding hydrogens is 240 g/mol. The van der Waals surface area contributed by atoms with E-state index in [1.165, 1.54) is 18.1 Å². The minimum atomic E-state index is 0.0509. The summed E-state index contributed by atoms with van der Waals surface area (Å²) in [5.74, 6) is 0.0509. The number of amidine groups is 1. The number of pyridine rings is 1. The van der Waals surface area contributed by atoms with E-state index in [2.05, 4.69) is 25.3 Å². The number of hydrogen-bond acceptors (Lipinski definition) is 6. The van der Waals surface area contributed by atoms with Crippen molar-refractivity contribution in [1.82, 2.24) is 20.2 Å². The van der Waals surface area contributed by atoms with Gasteiger partial charge in [0, 0.05) is 11.3 Å². The second kappa shape index (κ2) is 4.83. The maximum atomic E-state index is 8.63. The van der Waals surface area contributed by atoms with Crippen molar-refractivity contribution in [2.24, 2.45) is 10.9 Å². The molecule has 0 radical (unpaired) electrons. The van der Waals surface area contributed by atoms with Gasteiger partial charge in [-0.2, -0.15) is 5.10 Å². The summed E-state index contributed by atoms with van der Waals surface area (Å²) in [6.07, 6.45) is 1.42. The molecule has 0 aliphatic rings. The molecule has 8 heteroatoms. The van der Waals surface area contributed by atoms with Crippen LogP contribution in [0.1, 0.15) is 11.3 Å². The summed E-state index contributed by atoms with van der Waals surface area (Å²) in [4.78, 5) is 8.29. The standard InChI is InChI=1S/C9H10N6OS/c1-5-2-6(8(10)15-16)3-7(13-5)17-9-11-4-12-14-9/h2-4,16H,1H3,(H2,10,15)(H,11,12,14). The number of nitrogens with two attached hydrogens (primary N) is 1. The average Bonchev–Trinajstić information content (AvgIpc) is 2.80. The third-order valence-electron chi connectivity index (χ3n) is 1.93. The Bertz CT molecular complexity index is 538. The molecule has 0 unspecified atom stereocenters. The molecule has 0 spiro atoms. The van der Waals surface area contributed by atoms with Gasteiger partial charge >= 0.3 is 0 Å². The van der Waals surface area contributed by atoms with Crippen LogP contribution in [0.15, 0.2) is 33.8 Å². The number of nitrogens with zero attached hydrogens (tertiary/aromatic N) is 4. The molecule has 4 N–H and O–H groups in total. The van der Waals surface area contributed by atoms with Gasteiger partial charge in [-0.15, -0.1) is 0 Å². The maximum Gasteiger partial charge on any atom is 0.189 e. The molecule has 2 rings (SSSR count). The topological polar surface area (TPSA) is 113 Å². The van der Waals surface area contributed by atoms with Crippen molar-refractivity contribution in [3.05, 3.63) is 29.7 Å². The molecule has 0 fully saturated rings. The Morgan fingerprint density at radius 3 is 3.00 bits per heavy atom. The average molecular weight is 250 g/mol. The quantitative estimate of drug-likeness (QED) is 0.321. The predicted octanol–water partition coefficient (Wildman–Crippen LogP) is 0.754. The van der Waals surface area contributed by atoms with Gasteiger partial charge in [-0.1, -0.05) is 5.16 Å². The highest BCUT2D eigenvalue weighted by molar-refractivity contribution is 7.99. The van der Waals surface area contributed by atoms with Crippen LogP contribution in [0.5, 0.6) is 0 Å².